The van der Waals surface area contributed by atoms with Gasteiger partial charge in [0.25, 0.3) is 0 Å². The summed E-state index contributed by atoms with van der Waals surface area (Å²) in [6.45, 7) is 4.13. The first-order valence-electron chi connectivity index (χ1n) is 6.93. The van der Waals surface area contributed by atoms with Gasteiger partial charge in [-0.25, -0.2) is 0 Å². The maximum absolute atomic E-state index is 5.51. The zero-order valence-corrected chi connectivity index (χ0v) is 13.2. The third-order valence-electron chi connectivity index (χ3n) is 3.57. The molecule has 1 N–H and O–H groups in total. The van der Waals surface area contributed by atoms with Crippen molar-refractivity contribution in [2.45, 2.75) is 19.9 Å². The highest BCUT2D eigenvalue weighted by Crippen LogP contribution is 2.33. The van der Waals surface area contributed by atoms with Crippen molar-refractivity contribution in [2.75, 3.05) is 21.3 Å². The molecule has 0 amide bonds. The van der Waals surface area contributed by atoms with Crippen LogP contribution in [0.5, 0.6) is 11.5 Å². The fourth-order valence-electron chi connectivity index (χ4n) is 2.52. The van der Waals surface area contributed by atoms with Gasteiger partial charge in [-0.15, -0.1) is 0 Å². The van der Waals surface area contributed by atoms with Crippen LogP contribution in [0.1, 0.15) is 28.4 Å². The molecule has 0 aliphatic carbocycles. The molecule has 0 saturated carbocycles. The summed E-state index contributed by atoms with van der Waals surface area (Å²) in [6, 6.07) is 7.96. The smallest absolute Gasteiger partial charge is 0.127 e. The largest absolute Gasteiger partial charge is 0.497 e. The van der Waals surface area contributed by atoms with E-state index < -0.39 is 0 Å². The predicted molar refractivity (Wildman–Crippen MR) is 84.2 cm³/mol. The normalized spacial score (nSPS) is 12.0. The molecule has 1 aromatic carbocycles. The monoisotopic (exact) mass is 286 g/mol. The molecule has 0 aliphatic heterocycles. The Balaban J connectivity index is 2.50. The number of rotatable bonds is 5. The summed E-state index contributed by atoms with van der Waals surface area (Å²) >= 11 is 0. The minimum absolute atomic E-state index is 0.0218. The maximum Gasteiger partial charge on any atom is 0.127 e. The molecule has 1 unspecified atom stereocenters. The van der Waals surface area contributed by atoms with Gasteiger partial charge < -0.3 is 14.8 Å². The van der Waals surface area contributed by atoms with E-state index in [2.05, 4.69) is 23.3 Å². The number of nitrogens with one attached hydrogen (secondary N) is 1. The Labute approximate surface area is 126 Å². The van der Waals surface area contributed by atoms with Gasteiger partial charge in [-0.1, -0.05) is 6.07 Å². The van der Waals surface area contributed by atoms with Crippen molar-refractivity contribution in [1.82, 2.24) is 10.3 Å². The van der Waals surface area contributed by atoms with Gasteiger partial charge >= 0.3 is 0 Å². The lowest BCUT2D eigenvalue weighted by Crippen LogP contribution is -2.20. The van der Waals surface area contributed by atoms with Crippen LogP contribution in [-0.2, 0) is 0 Å². The summed E-state index contributed by atoms with van der Waals surface area (Å²) in [6.07, 6.45) is 1.89. The van der Waals surface area contributed by atoms with Gasteiger partial charge in [-0.05, 0) is 44.2 Å². The molecule has 1 aromatic heterocycles. The van der Waals surface area contributed by atoms with Gasteiger partial charge in [0.05, 0.1) is 26.0 Å². The predicted octanol–water partition coefficient (Wildman–Crippen LogP) is 3.02. The van der Waals surface area contributed by atoms with Crippen molar-refractivity contribution in [3.63, 3.8) is 0 Å². The second kappa shape index (κ2) is 6.59. The van der Waals surface area contributed by atoms with Crippen LogP contribution < -0.4 is 14.8 Å². The van der Waals surface area contributed by atoms with E-state index in [-0.39, 0.29) is 6.04 Å². The minimum atomic E-state index is -0.0218. The highest BCUT2D eigenvalue weighted by Gasteiger charge is 2.20. The molecule has 2 rings (SSSR count). The molecule has 0 aliphatic rings. The van der Waals surface area contributed by atoms with E-state index in [4.69, 9.17) is 9.47 Å². The zero-order valence-electron chi connectivity index (χ0n) is 13.2. The summed E-state index contributed by atoms with van der Waals surface area (Å²) < 4.78 is 10.8. The number of pyridine rings is 1. The molecule has 0 spiro atoms. The van der Waals surface area contributed by atoms with E-state index in [1.54, 1.807) is 14.2 Å². The molecule has 0 bridgehead atoms. The lowest BCUT2D eigenvalue weighted by atomic mass is 9.98. The SMILES string of the molecule is CNC(c1ccc(OC)cc1OC)c1ncc(C)cc1C. The van der Waals surface area contributed by atoms with Crippen LogP contribution >= 0.6 is 0 Å². The van der Waals surface area contributed by atoms with E-state index in [9.17, 15) is 0 Å². The van der Waals surface area contributed by atoms with E-state index in [0.717, 1.165) is 33.9 Å². The number of ether oxygens (including phenoxy) is 2. The third-order valence-corrected chi connectivity index (χ3v) is 3.57. The molecule has 4 heteroatoms. The Morgan fingerprint density at radius 3 is 2.43 bits per heavy atom. The van der Waals surface area contributed by atoms with Crippen LogP contribution in [0.3, 0.4) is 0 Å². The van der Waals surface area contributed by atoms with E-state index in [1.807, 2.05) is 38.4 Å². The maximum atomic E-state index is 5.51. The van der Waals surface area contributed by atoms with Crippen LogP contribution in [0.15, 0.2) is 30.5 Å². The molecule has 0 saturated heterocycles. The second-order valence-electron chi connectivity index (χ2n) is 5.04. The summed E-state index contributed by atoms with van der Waals surface area (Å²) in [7, 11) is 5.24. The number of hydrogen-bond acceptors (Lipinski definition) is 4. The standard InChI is InChI=1S/C17H22N2O2/c1-11-8-12(2)16(19-10-11)17(18-3)14-7-6-13(20-4)9-15(14)21-5/h6-10,17-18H,1-5H3. The number of hydrogen-bond donors (Lipinski definition) is 1. The van der Waals surface area contributed by atoms with E-state index in [0.29, 0.717) is 0 Å². The van der Waals surface area contributed by atoms with Crippen molar-refractivity contribution in [3.8, 4) is 11.5 Å². The third kappa shape index (κ3) is 3.16. The zero-order chi connectivity index (χ0) is 15.4. The number of nitrogens with zero attached hydrogens (tertiary/aromatic N) is 1. The van der Waals surface area contributed by atoms with Crippen LogP contribution in [0.4, 0.5) is 0 Å². The molecule has 2 aromatic rings. The lowest BCUT2D eigenvalue weighted by molar-refractivity contribution is 0.388. The van der Waals surface area contributed by atoms with Crippen LogP contribution in [0, 0.1) is 13.8 Å². The Morgan fingerprint density at radius 1 is 1.10 bits per heavy atom. The fourth-order valence-corrected chi connectivity index (χ4v) is 2.52. The molecular formula is C17H22N2O2. The Bertz CT molecular complexity index is 626. The van der Waals surface area contributed by atoms with Gasteiger partial charge in [0.2, 0.25) is 0 Å². The lowest BCUT2D eigenvalue weighted by Gasteiger charge is -2.21. The summed E-state index contributed by atoms with van der Waals surface area (Å²) in [4.78, 5) is 4.59. The van der Waals surface area contributed by atoms with Gasteiger partial charge in [0, 0.05) is 17.8 Å². The molecular weight excluding hydrogens is 264 g/mol. The van der Waals surface area contributed by atoms with Crippen molar-refractivity contribution in [1.29, 1.82) is 0 Å². The molecule has 112 valence electrons. The Hall–Kier alpha value is -2.07. The Morgan fingerprint density at radius 2 is 1.86 bits per heavy atom. The fraction of sp³-hybridized carbons (Fsp3) is 0.353. The highest BCUT2D eigenvalue weighted by atomic mass is 16.5. The number of benzene rings is 1. The minimum Gasteiger partial charge on any atom is -0.497 e. The molecule has 0 radical (unpaired) electrons. The second-order valence-corrected chi connectivity index (χ2v) is 5.04. The van der Waals surface area contributed by atoms with Crippen molar-refractivity contribution in [3.05, 3.63) is 52.8 Å². The topological polar surface area (TPSA) is 43.4 Å². The van der Waals surface area contributed by atoms with Crippen LogP contribution in [0.2, 0.25) is 0 Å². The average Bonchev–Trinajstić information content (AvgIpc) is 2.50. The summed E-state index contributed by atoms with van der Waals surface area (Å²) in [5, 5.41) is 3.32. The molecule has 1 heterocycles. The van der Waals surface area contributed by atoms with Gasteiger partial charge in [0.1, 0.15) is 11.5 Å². The number of methoxy groups -OCH3 is 2. The van der Waals surface area contributed by atoms with Crippen molar-refractivity contribution in [2.24, 2.45) is 0 Å². The summed E-state index contributed by atoms with van der Waals surface area (Å²) in [5.41, 5.74) is 4.37. The van der Waals surface area contributed by atoms with E-state index >= 15 is 0 Å². The number of aryl methyl sites for hydroxylation is 2. The molecule has 0 fully saturated rings. The molecule has 21 heavy (non-hydrogen) atoms. The van der Waals surface area contributed by atoms with Gasteiger partial charge in [-0.3, -0.25) is 4.98 Å². The van der Waals surface area contributed by atoms with Crippen molar-refractivity contribution < 1.29 is 9.47 Å². The summed E-state index contributed by atoms with van der Waals surface area (Å²) in [5.74, 6) is 1.56. The molecule has 1 atom stereocenters. The van der Waals surface area contributed by atoms with Crippen molar-refractivity contribution >= 4 is 0 Å². The van der Waals surface area contributed by atoms with Gasteiger partial charge in [-0.2, -0.15) is 0 Å². The van der Waals surface area contributed by atoms with Crippen LogP contribution in [0.25, 0.3) is 0 Å². The molecule has 4 nitrogen and oxygen atoms in total. The first-order chi connectivity index (χ1) is 10.1. The number of aromatic nitrogens is 1. The van der Waals surface area contributed by atoms with Gasteiger partial charge in [0.15, 0.2) is 0 Å². The first-order valence-corrected chi connectivity index (χ1v) is 6.93. The average molecular weight is 286 g/mol. The quantitative estimate of drug-likeness (QED) is 0.917. The highest BCUT2D eigenvalue weighted by molar-refractivity contribution is 5.46. The Kier molecular flexibility index (Phi) is 4.81. The van der Waals surface area contributed by atoms with Crippen LogP contribution in [-0.4, -0.2) is 26.3 Å². The van der Waals surface area contributed by atoms with E-state index in [1.165, 1.54) is 0 Å². The first kappa shape index (κ1) is 15.3.